The maximum absolute atomic E-state index is 11.6. The molecule has 0 atom stereocenters. The van der Waals surface area contributed by atoms with Crippen LogP contribution < -0.4 is 5.32 Å². The molecule has 0 saturated carbocycles. The third-order valence-electron chi connectivity index (χ3n) is 1.93. The largest absolute Gasteiger partial charge is 0.462 e. The average Bonchev–Trinajstić information content (AvgIpc) is 2.60. The van der Waals surface area contributed by atoms with Crippen molar-refractivity contribution < 1.29 is 14.3 Å². The van der Waals surface area contributed by atoms with Crippen LogP contribution in [0.15, 0.2) is 6.07 Å². The van der Waals surface area contributed by atoms with Crippen molar-refractivity contribution in [3.05, 3.63) is 16.5 Å². The van der Waals surface area contributed by atoms with Crippen LogP contribution in [0.1, 0.15) is 28.6 Å². The quantitative estimate of drug-likeness (QED) is 0.670. The molecule has 0 bridgehead atoms. The van der Waals surface area contributed by atoms with E-state index in [-0.39, 0.29) is 5.91 Å². The van der Waals surface area contributed by atoms with Gasteiger partial charge in [0.15, 0.2) is 0 Å². The predicted molar refractivity (Wildman–Crippen MR) is 72.1 cm³/mol. The summed E-state index contributed by atoms with van der Waals surface area (Å²) in [6.45, 7) is 3.95. The number of hydrogen-bond acceptors (Lipinski definition) is 4. The van der Waals surface area contributed by atoms with E-state index in [0.717, 1.165) is 4.88 Å². The Balaban J connectivity index is 2.84. The Morgan fingerprint density at radius 2 is 2.24 bits per heavy atom. The Morgan fingerprint density at radius 1 is 1.53 bits per heavy atom. The van der Waals surface area contributed by atoms with E-state index in [1.165, 1.54) is 11.3 Å². The van der Waals surface area contributed by atoms with Crippen molar-refractivity contribution in [3.63, 3.8) is 0 Å². The third kappa shape index (κ3) is 4.12. The smallest absolute Gasteiger partial charge is 0.341 e. The molecule has 1 N–H and O–H groups in total. The first kappa shape index (κ1) is 14.2. The van der Waals surface area contributed by atoms with Gasteiger partial charge in [-0.25, -0.2) is 4.79 Å². The zero-order valence-corrected chi connectivity index (χ0v) is 12.1. The lowest BCUT2D eigenvalue weighted by Crippen LogP contribution is -2.14. The van der Waals surface area contributed by atoms with Crippen LogP contribution >= 0.6 is 27.3 Å². The lowest BCUT2D eigenvalue weighted by atomic mass is 10.3. The molecule has 6 heteroatoms. The molecule has 94 valence electrons. The van der Waals surface area contributed by atoms with Gasteiger partial charge in [0, 0.05) is 16.6 Å². The van der Waals surface area contributed by atoms with Gasteiger partial charge in [-0.3, -0.25) is 4.79 Å². The van der Waals surface area contributed by atoms with Gasteiger partial charge in [0.25, 0.3) is 0 Å². The summed E-state index contributed by atoms with van der Waals surface area (Å²) in [6, 6.07) is 1.73. The lowest BCUT2D eigenvalue weighted by molar-refractivity contribution is -0.115. The van der Waals surface area contributed by atoms with Crippen molar-refractivity contribution in [1.82, 2.24) is 0 Å². The Kier molecular flexibility index (Phi) is 5.64. The van der Waals surface area contributed by atoms with Crippen LogP contribution in [0.3, 0.4) is 0 Å². The molecule has 1 aromatic rings. The van der Waals surface area contributed by atoms with Crippen LogP contribution in [-0.4, -0.2) is 23.8 Å². The molecule has 1 aromatic heterocycles. The summed E-state index contributed by atoms with van der Waals surface area (Å²) in [4.78, 5) is 24.1. The van der Waals surface area contributed by atoms with Crippen LogP contribution in [0.2, 0.25) is 0 Å². The average molecular weight is 320 g/mol. The van der Waals surface area contributed by atoms with E-state index in [4.69, 9.17) is 4.74 Å². The minimum atomic E-state index is -0.397. The van der Waals surface area contributed by atoms with Crippen molar-refractivity contribution in [2.24, 2.45) is 0 Å². The Bertz CT molecular complexity index is 417. The molecule has 0 aliphatic heterocycles. The van der Waals surface area contributed by atoms with Crippen LogP contribution in [0.5, 0.6) is 0 Å². The summed E-state index contributed by atoms with van der Waals surface area (Å²) in [6.07, 6.45) is 0.374. The molecule has 0 fully saturated rings. The minimum absolute atomic E-state index is 0.116. The van der Waals surface area contributed by atoms with Crippen molar-refractivity contribution in [3.8, 4) is 0 Å². The number of halogens is 1. The van der Waals surface area contributed by atoms with Crippen molar-refractivity contribution in [1.29, 1.82) is 0 Å². The fraction of sp³-hybridized carbons (Fsp3) is 0.455. The van der Waals surface area contributed by atoms with Gasteiger partial charge in [0.1, 0.15) is 5.00 Å². The third-order valence-corrected chi connectivity index (χ3v) is 3.29. The molecule has 0 aliphatic carbocycles. The second-order valence-corrected chi connectivity index (χ2v) is 5.36. The van der Waals surface area contributed by atoms with E-state index in [1.54, 1.807) is 13.0 Å². The van der Waals surface area contributed by atoms with Crippen molar-refractivity contribution >= 4 is 44.1 Å². The summed E-state index contributed by atoms with van der Waals surface area (Å²) in [5.41, 5.74) is 0.428. The molecular formula is C11H14BrNO3S. The lowest BCUT2D eigenvalue weighted by Gasteiger charge is -2.04. The summed E-state index contributed by atoms with van der Waals surface area (Å²) < 4.78 is 4.93. The van der Waals surface area contributed by atoms with E-state index in [2.05, 4.69) is 21.2 Å². The molecule has 4 nitrogen and oxygen atoms in total. The Morgan fingerprint density at radius 3 is 2.82 bits per heavy atom. The minimum Gasteiger partial charge on any atom is -0.462 e. The SMILES string of the molecule is CCOC(=O)c1cc(C)sc1NC(=O)CCBr. The van der Waals surface area contributed by atoms with Gasteiger partial charge >= 0.3 is 5.97 Å². The first-order chi connectivity index (χ1) is 8.08. The van der Waals surface area contributed by atoms with Crippen LogP contribution in [0.4, 0.5) is 5.00 Å². The van der Waals surface area contributed by atoms with Gasteiger partial charge in [0.2, 0.25) is 5.91 Å². The highest BCUT2D eigenvalue weighted by atomic mass is 79.9. The number of carbonyl (C=O) groups is 2. The van der Waals surface area contributed by atoms with Crippen LogP contribution in [-0.2, 0) is 9.53 Å². The Labute approximate surface area is 112 Å². The predicted octanol–water partition coefficient (Wildman–Crippen LogP) is 2.96. The number of alkyl halides is 1. The van der Waals surface area contributed by atoms with E-state index in [1.807, 2.05) is 6.92 Å². The van der Waals surface area contributed by atoms with Gasteiger partial charge in [-0.15, -0.1) is 11.3 Å². The van der Waals surface area contributed by atoms with E-state index < -0.39 is 5.97 Å². The van der Waals surface area contributed by atoms with Crippen LogP contribution in [0, 0.1) is 6.92 Å². The Hall–Kier alpha value is -0.880. The maximum atomic E-state index is 11.6. The number of hydrogen-bond donors (Lipinski definition) is 1. The van der Waals surface area contributed by atoms with Gasteiger partial charge in [-0.2, -0.15) is 0 Å². The molecule has 17 heavy (non-hydrogen) atoms. The number of ether oxygens (including phenoxy) is 1. The summed E-state index contributed by atoms with van der Waals surface area (Å²) in [5, 5.41) is 3.88. The second kappa shape index (κ2) is 6.76. The van der Waals surface area contributed by atoms with Crippen molar-refractivity contribution in [2.45, 2.75) is 20.3 Å². The monoisotopic (exact) mass is 319 g/mol. The molecule has 0 aliphatic rings. The number of thiophene rings is 1. The van der Waals surface area contributed by atoms with E-state index in [0.29, 0.717) is 28.9 Å². The second-order valence-electron chi connectivity index (χ2n) is 3.31. The topological polar surface area (TPSA) is 55.4 Å². The number of anilines is 1. The molecule has 0 unspecified atom stereocenters. The fourth-order valence-electron chi connectivity index (χ4n) is 1.24. The molecule has 1 heterocycles. The molecule has 1 amide bonds. The molecular weight excluding hydrogens is 306 g/mol. The molecule has 0 spiro atoms. The van der Waals surface area contributed by atoms with Gasteiger partial charge in [0.05, 0.1) is 12.2 Å². The highest BCUT2D eigenvalue weighted by molar-refractivity contribution is 9.09. The first-order valence-electron chi connectivity index (χ1n) is 5.21. The number of amides is 1. The van der Waals surface area contributed by atoms with E-state index >= 15 is 0 Å². The normalized spacial score (nSPS) is 10.1. The van der Waals surface area contributed by atoms with Gasteiger partial charge in [-0.05, 0) is 19.9 Å². The number of esters is 1. The standard InChI is InChI=1S/C11H14BrNO3S/c1-3-16-11(15)8-6-7(2)17-10(8)13-9(14)4-5-12/h6H,3-5H2,1-2H3,(H,13,14). The molecule has 0 aromatic carbocycles. The first-order valence-corrected chi connectivity index (χ1v) is 7.15. The zero-order valence-electron chi connectivity index (χ0n) is 9.71. The van der Waals surface area contributed by atoms with E-state index in [9.17, 15) is 9.59 Å². The summed E-state index contributed by atoms with van der Waals surface area (Å²) in [7, 11) is 0. The zero-order chi connectivity index (χ0) is 12.8. The molecule has 0 saturated heterocycles. The number of aryl methyl sites for hydroxylation is 1. The highest BCUT2D eigenvalue weighted by Crippen LogP contribution is 2.28. The maximum Gasteiger partial charge on any atom is 0.341 e. The summed E-state index contributed by atoms with van der Waals surface area (Å²) in [5.74, 6) is -0.514. The number of rotatable bonds is 5. The highest BCUT2D eigenvalue weighted by Gasteiger charge is 2.17. The summed E-state index contributed by atoms with van der Waals surface area (Å²) >= 11 is 4.57. The number of carbonyl (C=O) groups excluding carboxylic acids is 2. The molecule has 0 radical (unpaired) electrons. The van der Waals surface area contributed by atoms with Crippen molar-refractivity contribution in [2.75, 3.05) is 17.3 Å². The molecule has 1 rings (SSSR count). The van der Waals surface area contributed by atoms with Gasteiger partial charge in [-0.1, -0.05) is 15.9 Å². The van der Waals surface area contributed by atoms with Crippen LogP contribution in [0.25, 0.3) is 0 Å². The van der Waals surface area contributed by atoms with Gasteiger partial charge < -0.3 is 10.1 Å². The fourth-order valence-corrected chi connectivity index (χ4v) is 2.52. The number of nitrogens with one attached hydrogen (secondary N) is 1.